The zero-order chi connectivity index (χ0) is 14.8. The number of carboxylic acids is 1. The molecule has 0 bridgehead atoms. The molecule has 1 aliphatic carbocycles. The number of rotatable bonds is 5. The zero-order valence-corrected chi connectivity index (χ0v) is 13.2. The SMILES string of the molecule is CCN(Cc1c(C(=O)O)sc2ccccc12)C1CCCC1. The van der Waals surface area contributed by atoms with Gasteiger partial charge in [0.25, 0.3) is 0 Å². The van der Waals surface area contributed by atoms with Crippen LogP contribution >= 0.6 is 11.3 Å². The summed E-state index contributed by atoms with van der Waals surface area (Å²) in [7, 11) is 0. The molecule has 3 nitrogen and oxygen atoms in total. The zero-order valence-electron chi connectivity index (χ0n) is 12.3. The number of benzene rings is 1. The fourth-order valence-electron chi connectivity index (χ4n) is 3.40. The van der Waals surface area contributed by atoms with Gasteiger partial charge in [-0.3, -0.25) is 4.90 Å². The highest BCUT2D eigenvalue weighted by Gasteiger charge is 2.25. The molecule has 112 valence electrons. The van der Waals surface area contributed by atoms with E-state index in [-0.39, 0.29) is 0 Å². The first-order valence-corrected chi connectivity index (χ1v) is 8.50. The predicted octanol–water partition coefficient (Wildman–Crippen LogP) is 4.36. The molecule has 2 aromatic rings. The van der Waals surface area contributed by atoms with Crippen molar-refractivity contribution in [3.8, 4) is 0 Å². The van der Waals surface area contributed by atoms with Crippen molar-refractivity contribution in [2.24, 2.45) is 0 Å². The molecule has 0 aliphatic heterocycles. The van der Waals surface area contributed by atoms with Crippen LogP contribution in [0.3, 0.4) is 0 Å². The number of fused-ring (bicyclic) bond motifs is 1. The van der Waals surface area contributed by atoms with Crippen molar-refractivity contribution in [2.45, 2.75) is 45.2 Å². The normalized spacial score (nSPS) is 16.1. The molecule has 1 saturated carbocycles. The summed E-state index contributed by atoms with van der Waals surface area (Å²) in [5.41, 5.74) is 0.997. The third-order valence-corrected chi connectivity index (χ3v) is 5.70. The Morgan fingerprint density at radius 1 is 1.33 bits per heavy atom. The number of carboxylic acid groups (broad SMARTS) is 1. The van der Waals surface area contributed by atoms with E-state index in [1.165, 1.54) is 37.0 Å². The molecule has 3 rings (SSSR count). The number of hydrogen-bond donors (Lipinski definition) is 1. The smallest absolute Gasteiger partial charge is 0.346 e. The minimum atomic E-state index is -0.798. The van der Waals surface area contributed by atoms with Crippen LogP contribution in [0.25, 0.3) is 10.1 Å². The maximum absolute atomic E-state index is 11.6. The molecule has 0 spiro atoms. The molecule has 0 unspecified atom stereocenters. The second-order valence-corrected chi connectivity index (χ2v) is 6.76. The van der Waals surface area contributed by atoms with Crippen LogP contribution in [0.2, 0.25) is 0 Å². The molecule has 1 heterocycles. The summed E-state index contributed by atoms with van der Waals surface area (Å²) in [5.74, 6) is -0.798. The second kappa shape index (κ2) is 6.16. The lowest BCUT2D eigenvalue weighted by atomic mass is 10.1. The van der Waals surface area contributed by atoms with Gasteiger partial charge in [-0.2, -0.15) is 0 Å². The standard InChI is InChI=1S/C17H21NO2S/c1-2-18(12-7-3-4-8-12)11-14-13-9-5-6-10-15(13)21-16(14)17(19)20/h5-6,9-10,12H,2-4,7-8,11H2,1H3,(H,19,20). The van der Waals surface area contributed by atoms with Crippen molar-refractivity contribution < 1.29 is 9.90 Å². The van der Waals surface area contributed by atoms with Crippen molar-refractivity contribution in [1.82, 2.24) is 4.90 Å². The topological polar surface area (TPSA) is 40.5 Å². The average molecular weight is 303 g/mol. The van der Waals surface area contributed by atoms with Gasteiger partial charge in [-0.25, -0.2) is 4.79 Å². The summed E-state index contributed by atoms with van der Waals surface area (Å²) in [6.45, 7) is 3.91. The summed E-state index contributed by atoms with van der Waals surface area (Å²) in [6.07, 6.45) is 5.10. The van der Waals surface area contributed by atoms with Crippen LogP contribution in [-0.2, 0) is 6.54 Å². The minimum Gasteiger partial charge on any atom is -0.477 e. The third-order valence-electron chi connectivity index (χ3n) is 4.50. The van der Waals surface area contributed by atoms with Gasteiger partial charge in [0, 0.05) is 17.3 Å². The fourth-order valence-corrected chi connectivity index (χ4v) is 4.45. The van der Waals surface area contributed by atoms with E-state index in [1.807, 2.05) is 18.2 Å². The van der Waals surface area contributed by atoms with Gasteiger partial charge in [0.2, 0.25) is 0 Å². The Kier molecular flexibility index (Phi) is 4.27. The van der Waals surface area contributed by atoms with E-state index in [4.69, 9.17) is 0 Å². The molecule has 0 atom stereocenters. The molecule has 0 saturated heterocycles. The van der Waals surface area contributed by atoms with Crippen molar-refractivity contribution in [2.75, 3.05) is 6.54 Å². The lowest BCUT2D eigenvalue weighted by Gasteiger charge is -2.27. The number of thiophene rings is 1. The fraction of sp³-hybridized carbons (Fsp3) is 0.471. The summed E-state index contributed by atoms with van der Waals surface area (Å²) in [6, 6.07) is 8.66. The van der Waals surface area contributed by atoms with Gasteiger partial charge in [0.05, 0.1) is 0 Å². The van der Waals surface area contributed by atoms with Crippen molar-refractivity contribution in [3.05, 3.63) is 34.7 Å². The van der Waals surface area contributed by atoms with E-state index < -0.39 is 5.97 Å². The van der Waals surface area contributed by atoms with Crippen LogP contribution in [0.1, 0.15) is 47.8 Å². The molecular formula is C17H21NO2S. The lowest BCUT2D eigenvalue weighted by molar-refractivity contribution is 0.0699. The van der Waals surface area contributed by atoms with E-state index in [0.717, 1.165) is 28.7 Å². The van der Waals surface area contributed by atoms with Crippen LogP contribution in [0, 0.1) is 0 Å². The highest BCUT2D eigenvalue weighted by atomic mass is 32.1. The maximum atomic E-state index is 11.6. The van der Waals surface area contributed by atoms with Crippen LogP contribution < -0.4 is 0 Å². The Morgan fingerprint density at radius 2 is 2.05 bits per heavy atom. The van der Waals surface area contributed by atoms with E-state index in [9.17, 15) is 9.90 Å². The first kappa shape index (κ1) is 14.5. The molecule has 1 aromatic heterocycles. The average Bonchev–Trinajstić information content (AvgIpc) is 3.12. The number of hydrogen-bond acceptors (Lipinski definition) is 3. The Hall–Kier alpha value is -1.39. The summed E-state index contributed by atoms with van der Waals surface area (Å²) < 4.78 is 1.08. The molecule has 1 fully saturated rings. The molecule has 4 heteroatoms. The van der Waals surface area contributed by atoms with Crippen LogP contribution in [0.15, 0.2) is 24.3 Å². The monoisotopic (exact) mass is 303 g/mol. The first-order valence-electron chi connectivity index (χ1n) is 7.68. The van der Waals surface area contributed by atoms with Crippen LogP contribution in [-0.4, -0.2) is 28.6 Å². The summed E-state index contributed by atoms with van der Waals surface area (Å²) >= 11 is 1.40. The van der Waals surface area contributed by atoms with Crippen molar-refractivity contribution in [1.29, 1.82) is 0 Å². The first-order chi connectivity index (χ1) is 10.2. The predicted molar refractivity (Wildman–Crippen MR) is 87.1 cm³/mol. The Bertz CT molecular complexity index is 643. The van der Waals surface area contributed by atoms with Gasteiger partial charge in [0.15, 0.2) is 0 Å². The molecule has 0 radical (unpaired) electrons. The van der Waals surface area contributed by atoms with E-state index in [1.54, 1.807) is 0 Å². The Balaban J connectivity index is 1.97. The van der Waals surface area contributed by atoms with Crippen LogP contribution in [0.5, 0.6) is 0 Å². The third kappa shape index (κ3) is 2.83. The molecule has 1 N–H and O–H groups in total. The van der Waals surface area contributed by atoms with Gasteiger partial charge in [-0.1, -0.05) is 38.0 Å². The van der Waals surface area contributed by atoms with Gasteiger partial charge in [0.1, 0.15) is 4.88 Å². The van der Waals surface area contributed by atoms with E-state index in [0.29, 0.717) is 10.9 Å². The van der Waals surface area contributed by atoms with Crippen LogP contribution in [0.4, 0.5) is 0 Å². The summed E-state index contributed by atoms with van der Waals surface area (Å²) in [5, 5.41) is 10.6. The number of carbonyl (C=O) groups is 1. The largest absolute Gasteiger partial charge is 0.477 e. The quantitative estimate of drug-likeness (QED) is 0.892. The van der Waals surface area contributed by atoms with Gasteiger partial charge in [-0.05, 0) is 36.4 Å². The molecule has 0 amide bonds. The van der Waals surface area contributed by atoms with E-state index in [2.05, 4.69) is 17.9 Å². The Labute approximate surface area is 129 Å². The van der Waals surface area contributed by atoms with Gasteiger partial charge in [-0.15, -0.1) is 11.3 Å². The second-order valence-electron chi connectivity index (χ2n) is 5.71. The van der Waals surface area contributed by atoms with Gasteiger partial charge < -0.3 is 5.11 Å². The lowest BCUT2D eigenvalue weighted by Crippen LogP contribution is -2.32. The van der Waals surface area contributed by atoms with E-state index >= 15 is 0 Å². The Morgan fingerprint density at radius 3 is 2.71 bits per heavy atom. The highest BCUT2D eigenvalue weighted by Crippen LogP contribution is 2.34. The van der Waals surface area contributed by atoms with Gasteiger partial charge >= 0.3 is 5.97 Å². The number of nitrogens with zero attached hydrogens (tertiary/aromatic N) is 1. The van der Waals surface area contributed by atoms with Crippen molar-refractivity contribution >= 4 is 27.4 Å². The van der Waals surface area contributed by atoms with Crippen molar-refractivity contribution in [3.63, 3.8) is 0 Å². The summed E-state index contributed by atoms with van der Waals surface area (Å²) in [4.78, 5) is 14.5. The molecular weight excluding hydrogens is 282 g/mol. The number of aromatic carboxylic acids is 1. The minimum absolute atomic E-state index is 0.507. The molecule has 1 aliphatic rings. The molecule has 1 aromatic carbocycles. The highest BCUT2D eigenvalue weighted by molar-refractivity contribution is 7.21. The molecule has 21 heavy (non-hydrogen) atoms. The maximum Gasteiger partial charge on any atom is 0.346 e.